The molecule has 1 saturated heterocycles. The highest BCUT2D eigenvalue weighted by Gasteiger charge is 2.33. The van der Waals surface area contributed by atoms with E-state index < -0.39 is 17.8 Å². The molecule has 4 N–H and O–H groups in total. The highest BCUT2D eigenvalue weighted by molar-refractivity contribution is 6.04. The Morgan fingerprint density at radius 1 is 1.28 bits per heavy atom. The molecule has 3 rings (SSSR count). The van der Waals surface area contributed by atoms with Gasteiger partial charge in [-0.15, -0.1) is 0 Å². The first-order chi connectivity index (χ1) is 13.9. The summed E-state index contributed by atoms with van der Waals surface area (Å²) < 4.78 is 5.47. The number of methoxy groups -OCH3 is 1. The van der Waals surface area contributed by atoms with Gasteiger partial charge in [-0.2, -0.15) is 0 Å². The summed E-state index contributed by atoms with van der Waals surface area (Å²) in [6.07, 6.45) is -0.232. The second kappa shape index (κ2) is 8.87. The molecule has 0 saturated carbocycles. The topological polar surface area (TPSA) is 135 Å². The van der Waals surface area contributed by atoms with Crippen molar-refractivity contribution in [3.63, 3.8) is 0 Å². The Labute approximate surface area is 167 Å². The van der Waals surface area contributed by atoms with E-state index in [1.807, 2.05) is 0 Å². The number of para-hydroxylation sites is 1. The van der Waals surface area contributed by atoms with Gasteiger partial charge in [0, 0.05) is 38.0 Å². The van der Waals surface area contributed by atoms with Crippen molar-refractivity contribution in [2.45, 2.75) is 18.8 Å². The number of aromatic nitrogens is 1. The molecule has 0 radical (unpaired) electrons. The van der Waals surface area contributed by atoms with E-state index in [0.29, 0.717) is 37.1 Å². The standard InChI is InChI=1S/C20H24N4O5/c1-29-18-12-4-2-3-5-14(12)23-17(16(18)19(21)27)13(6-7-15(25)26)20(28)24-10-8-22-9-11-24/h2-5,13,22H,6-11H2,1H3,(H2,21,27)(H,25,26). The number of carbonyl (C=O) groups is 3. The van der Waals surface area contributed by atoms with E-state index in [1.54, 1.807) is 29.2 Å². The molecule has 1 aliphatic heterocycles. The molecule has 9 nitrogen and oxygen atoms in total. The zero-order valence-corrected chi connectivity index (χ0v) is 16.2. The molecule has 0 aliphatic carbocycles. The lowest BCUT2D eigenvalue weighted by Gasteiger charge is -2.31. The Kier molecular flexibility index (Phi) is 6.28. The third-order valence-corrected chi connectivity index (χ3v) is 5.03. The summed E-state index contributed by atoms with van der Waals surface area (Å²) >= 11 is 0. The molecule has 154 valence electrons. The van der Waals surface area contributed by atoms with Crippen LogP contribution in [0.25, 0.3) is 10.9 Å². The number of benzene rings is 1. The largest absolute Gasteiger partial charge is 0.495 e. The highest BCUT2D eigenvalue weighted by atomic mass is 16.5. The van der Waals surface area contributed by atoms with Crippen molar-refractivity contribution in [2.75, 3.05) is 33.3 Å². The van der Waals surface area contributed by atoms with Crippen molar-refractivity contribution in [3.8, 4) is 5.75 Å². The Morgan fingerprint density at radius 2 is 1.97 bits per heavy atom. The molecule has 2 heterocycles. The maximum Gasteiger partial charge on any atom is 0.303 e. The average molecular weight is 400 g/mol. The van der Waals surface area contributed by atoms with Gasteiger partial charge in [0.05, 0.1) is 24.2 Å². The monoisotopic (exact) mass is 400 g/mol. The van der Waals surface area contributed by atoms with Gasteiger partial charge in [-0.25, -0.2) is 0 Å². The van der Waals surface area contributed by atoms with Gasteiger partial charge in [-0.3, -0.25) is 19.4 Å². The van der Waals surface area contributed by atoms with Crippen molar-refractivity contribution < 1.29 is 24.2 Å². The van der Waals surface area contributed by atoms with Crippen LogP contribution in [0.2, 0.25) is 0 Å². The smallest absolute Gasteiger partial charge is 0.303 e. The van der Waals surface area contributed by atoms with Gasteiger partial charge in [0.25, 0.3) is 5.91 Å². The van der Waals surface area contributed by atoms with Crippen LogP contribution in [0.1, 0.15) is 34.8 Å². The number of nitrogens with two attached hydrogens (primary N) is 1. The van der Waals surface area contributed by atoms with Crippen molar-refractivity contribution >= 4 is 28.7 Å². The maximum absolute atomic E-state index is 13.3. The van der Waals surface area contributed by atoms with Crippen molar-refractivity contribution in [3.05, 3.63) is 35.5 Å². The van der Waals surface area contributed by atoms with Crippen LogP contribution in [-0.2, 0) is 9.59 Å². The second-order valence-electron chi connectivity index (χ2n) is 6.85. The van der Waals surface area contributed by atoms with Crippen molar-refractivity contribution in [2.24, 2.45) is 5.73 Å². The first-order valence-corrected chi connectivity index (χ1v) is 9.41. The number of hydrogen-bond donors (Lipinski definition) is 3. The van der Waals surface area contributed by atoms with Gasteiger partial charge in [0.2, 0.25) is 5.91 Å². The summed E-state index contributed by atoms with van der Waals surface area (Å²) in [7, 11) is 1.42. The van der Waals surface area contributed by atoms with Crippen LogP contribution < -0.4 is 15.8 Å². The number of fused-ring (bicyclic) bond motifs is 1. The minimum absolute atomic E-state index is 0.00682. The number of nitrogens with zero attached hydrogens (tertiary/aromatic N) is 2. The van der Waals surface area contributed by atoms with E-state index in [1.165, 1.54) is 7.11 Å². The normalized spacial score (nSPS) is 15.1. The summed E-state index contributed by atoms with van der Waals surface area (Å²) in [4.78, 5) is 43.1. The minimum Gasteiger partial charge on any atom is -0.495 e. The van der Waals surface area contributed by atoms with E-state index in [-0.39, 0.29) is 35.8 Å². The lowest BCUT2D eigenvalue weighted by molar-refractivity contribution is -0.138. The summed E-state index contributed by atoms with van der Waals surface area (Å²) in [6, 6.07) is 7.06. The molecule has 0 spiro atoms. The summed E-state index contributed by atoms with van der Waals surface area (Å²) in [5.74, 6) is -2.74. The molecule has 1 atom stereocenters. The first kappa shape index (κ1) is 20.5. The molecule has 9 heteroatoms. The fourth-order valence-electron chi connectivity index (χ4n) is 3.65. The molecule has 0 bridgehead atoms. The van der Waals surface area contributed by atoms with Crippen LogP contribution in [0.3, 0.4) is 0 Å². The average Bonchev–Trinajstić information content (AvgIpc) is 2.72. The maximum atomic E-state index is 13.3. The molecule has 1 fully saturated rings. The predicted octanol–water partition coefficient (Wildman–Crippen LogP) is 0.723. The zero-order valence-electron chi connectivity index (χ0n) is 16.2. The summed E-state index contributed by atoms with van der Waals surface area (Å²) in [5.41, 5.74) is 6.37. The summed E-state index contributed by atoms with van der Waals surface area (Å²) in [5, 5.41) is 13.0. The molecule has 1 aromatic carbocycles. The van der Waals surface area contributed by atoms with Crippen molar-refractivity contribution in [1.29, 1.82) is 0 Å². The Bertz CT molecular complexity index is 940. The number of nitrogens with one attached hydrogen (secondary N) is 1. The van der Waals surface area contributed by atoms with Gasteiger partial charge in [-0.1, -0.05) is 12.1 Å². The molecule has 1 aliphatic rings. The quantitative estimate of drug-likeness (QED) is 0.623. The molecule has 2 aromatic rings. The lowest BCUT2D eigenvalue weighted by atomic mass is 9.91. The molecule has 2 amide bonds. The van der Waals surface area contributed by atoms with Crippen LogP contribution in [0.15, 0.2) is 24.3 Å². The van der Waals surface area contributed by atoms with Crippen LogP contribution in [0, 0.1) is 0 Å². The number of primary amides is 1. The Hall–Kier alpha value is -3.20. The highest BCUT2D eigenvalue weighted by Crippen LogP contribution is 2.36. The SMILES string of the molecule is COc1c(C(N)=O)c(C(CCC(=O)O)C(=O)N2CCNCC2)nc2ccccc12. The lowest BCUT2D eigenvalue weighted by Crippen LogP contribution is -2.48. The number of aliphatic carboxylic acids is 1. The number of rotatable bonds is 7. The molecular weight excluding hydrogens is 376 g/mol. The van der Waals surface area contributed by atoms with Crippen LogP contribution in [0.5, 0.6) is 5.75 Å². The predicted molar refractivity (Wildman–Crippen MR) is 106 cm³/mol. The number of amides is 2. The van der Waals surface area contributed by atoms with E-state index in [9.17, 15) is 19.5 Å². The van der Waals surface area contributed by atoms with E-state index >= 15 is 0 Å². The Balaban J connectivity index is 2.17. The second-order valence-corrected chi connectivity index (χ2v) is 6.85. The number of hydrogen-bond acceptors (Lipinski definition) is 6. The Morgan fingerprint density at radius 3 is 2.59 bits per heavy atom. The minimum atomic E-state index is -1.03. The molecular formula is C20H24N4O5. The molecule has 1 aromatic heterocycles. The summed E-state index contributed by atoms with van der Waals surface area (Å²) in [6.45, 7) is 2.29. The van der Waals surface area contributed by atoms with E-state index in [4.69, 9.17) is 10.5 Å². The van der Waals surface area contributed by atoms with E-state index in [0.717, 1.165) is 0 Å². The van der Waals surface area contributed by atoms with Crippen LogP contribution >= 0.6 is 0 Å². The number of pyridine rings is 1. The van der Waals surface area contributed by atoms with Gasteiger partial charge in [-0.05, 0) is 18.6 Å². The fraction of sp³-hybridized carbons (Fsp3) is 0.400. The van der Waals surface area contributed by atoms with Gasteiger partial charge < -0.3 is 25.8 Å². The zero-order chi connectivity index (χ0) is 21.0. The fourth-order valence-corrected chi connectivity index (χ4v) is 3.65. The molecule has 1 unspecified atom stereocenters. The van der Waals surface area contributed by atoms with E-state index in [2.05, 4.69) is 10.3 Å². The molecule has 29 heavy (non-hydrogen) atoms. The van der Waals surface area contributed by atoms with Gasteiger partial charge >= 0.3 is 5.97 Å². The van der Waals surface area contributed by atoms with Gasteiger partial charge in [0.1, 0.15) is 11.3 Å². The van der Waals surface area contributed by atoms with Crippen molar-refractivity contribution in [1.82, 2.24) is 15.2 Å². The number of ether oxygens (including phenoxy) is 1. The number of piperazine rings is 1. The number of carboxylic acid groups (broad SMARTS) is 1. The third-order valence-electron chi connectivity index (χ3n) is 5.03. The first-order valence-electron chi connectivity index (χ1n) is 9.41. The van der Waals surface area contributed by atoms with Crippen LogP contribution in [0.4, 0.5) is 0 Å². The number of carboxylic acids is 1. The third kappa shape index (κ3) is 4.29. The van der Waals surface area contributed by atoms with Gasteiger partial charge in [0.15, 0.2) is 0 Å². The number of carbonyl (C=O) groups excluding carboxylic acids is 2. The van der Waals surface area contributed by atoms with Crippen LogP contribution in [-0.4, -0.2) is 66.1 Å².